The number of hydrogen-bond donors (Lipinski definition) is 3. The van der Waals surface area contributed by atoms with Crippen molar-refractivity contribution < 1.29 is 9.59 Å². The molecule has 1 amide bonds. The van der Waals surface area contributed by atoms with E-state index in [1.54, 1.807) is 6.20 Å². The molecule has 2 heterocycles. The van der Waals surface area contributed by atoms with Crippen LogP contribution in [0.3, 0.4) is 0 Å². The van der Waals surface area contributed by atoms with Crippen LogP contribution in [-0.4, -0.2) is 57.2 Å². The van der Waals surface area contributed by atoms with Gasteiger partial charge in [0.25, 0.3) is 0 Å². The maximum absolute atomic E-state index is 12.3. The Morgan fingerprint density at radius 3 is 3.04 bits per heavy atom. The fraction of sp³-hybridized carbons (Fsp3) is 0.733. The quantitative estimate of drug-likeness (QED) is 0.669. The Bertz CT molecular complexity index is 518. The van der Waals surface area contributed by atoms with Crippen LogP contribution in [-0.2, 0) is 16.1 Å². The molecule has 0 bridgehead atoms. The molecule has 0 saturated carbocycles. The van der Waals surface area contributed by atoms with Crippen LogP contribution in [0.15, 0.2) is 6.20 Å². The lowest BCUT2D eigenvalue weighted by molar-refractivity contribution is -0.129. The second-order valence-corrected chi connectivity index (χ2v) is 6.24. The van der Waals surface area contributed by atoms with Crippen LogP contribution in [0.4, 0.5) is 0 Å². The molecule has 1 fully saturated rings. The maximum Gasteiger partial charge on any atom is 0.237 e. The standard InChI is InChI=1S/C15H26N6O2/c1-3-10(2)14(16)15(23)18-12-9-21(6-4-5-13(12)22)8-11-7-17-20-19-11/h7,10,12,14H,3-6,8-9,16H2,1-2H3,(H,18,23)(H,17,19,20)/t10-,12-,14-/m0/s1. The van der Waals surface area contributed by atoms with Crippen molar-refractivity contribution >= 4 is 11.7 Å². The maximum atomic E-state index is 12.3. The number of aromatic nitrogens is 3. The summed E-state index contributed by atoms with van der Waals surface area (Å²) in [4.78, 5) is 26.6. The molecule has 4 N–H and O–H groups in total. The highest BCUT2D eigenvalue weighted by atomic mass is 16.2. The van der Waals surface area contributed by atoms with Gasteiger partial charge in [-0.3, -0.25) is 19.6 Å². The van der Waals surface area contributed by atoms with Crippen molar-refractivity contribution in [2.45, 2.75) is 51.7 Å². The zero-order valence-electron chi connectivity index (χ0n) is 13.8. The van der Waals surface area contributed by atoms with Gasteiger partial charge in [0, 0.05) is 25.7 Å². The molecule has 0 aliphatic carbocycles. The van der Waals surface area contributed by atoms with E-state index >= 15 is 0 Å². The van der Waals surface area contributed by atoms with E-state index in [0.29, 0.717) is 19.5 Å². The predicted octanol–water partition coefficient (Wildman–Crippen LogP) is -0.172. The number of carbonyl (C=O) groups excluding carboxylic acids is 2. The summed E-state index contributed by atoms with van der Waals surface area (Å²) >= 11 is 0. The number of ketones is 1. The predicted molar refractivity (Wildman–Crippen MR) is 85.3 cm³/mol. The summed E-state index contributed by atoms with van der Waals surface area (Å²) in [7, 11) is 0. The topological polar surface area (TPSA) is 117 Å². The van der Waals surface area contributed by atoms with E-state index in [0.717, 1.165) is 25.1 Å². The minimum atomic E-state index is -0.583. The van der Waals surface area contributed by atoms with E-state index in [2.05, 4.69) is 25.6 Å². The second-order valence-electron chi connectivity index (χ2n) is 6.24. The number of hydrogen-bond acceptors (Lipinski definition) is 6. The Balaban J connectivity index is 1.97. The zero-order valence-corrected chi connectivity index (χ0v) is 13.8. The van der Waals surface area contributed by atoms with Gasteiger partial charge in [0.05, 0.1) is 11.7 Å². The van der Waals surface area contributed by atoms with Crippen LogP contribution < -0.4 is 11.1 Å². The fourth-order valence-electron chi connectivity index (χ4n) is 2.68. The SMILES string of the molecule is CC[C@H](C)[C@H](N)C(=O)N[C@H]1CN(Cc2c[nH]nn2)CCCC1=O. The molecular formula is C15H26N6O2. The Morgan fingerprint density at radius 2 is 2.39 bits per heavy atom. The van der Waals surface area contributed by atoms with Crippen LogP contribution in [0.1, 0.15) is 38.8 Å². The van der Waals surface area contributed by atoms with Crippen molar-refractivity contribution in [1.29, 1.82) is 0 Å². The normalized spacial score (nSPS) is 22.4. The molecule has 0 aromatic carbocycles. The van der Waals surface area contributed by atoms with Crippen molar-refractivity contribution in [3.05, 3.63) is 11.9 Å². The van der Waals surface area contributed by atoms with Gasteiger partial charge >= 0.3 is 0 Å². The lowest BCUT2D eigenvalue weighted by atomic mass is 9.98. The monoisotopic (exact) mass is 322 g/mol. The van der Waals surface area contributed by atoms with E-state index in [9.17, 15) is 9.59 Å². The minimum Gasteiger partial charge on any atom is -0.344 e. The van der Waals surface area contributed by atoms with E-state index in [1.807, 2.05) is 13.8 Å². The van der Waals surface area contributed by atoms with E-state index in [-0.39, 0.29) is 17.6 Å². The van der Waals surface area contributed by atoms with E-state index in [4.69, 9.17) is 5.73 Å². The van der Waals surface area contributed by atoms with E-state index < -0.39 is 12.1 Å². The van der Waals surface area contributed by atoms with Gasteiger partial charge in [-0.1, -0.05) is 25.5 Å². The Hall–Kier alpha value is -1.80. The number of nitrogens with two attached hydrogens (primary N) is 1. The third kappa shape index (κ3) is 4.84. The highest BCUT2D eigenvalue weighted by molar-refractivity contribution is 5.91. The molecule has 8 nitrogen and oxygen atoms in total. The Morgan fingerprint density at radius 1 is 1.61 bits per heavy atom. The summed E-state index contributed by atoms with van der Waals surface area (Å²) in [5.74, 6) is -0.0968. The summed E-state index contributed by atoms with van der Waals surface area (Å²) in [6, 6.07) is -1.09. The van der Waals surface area contributed by atoms with Gasteiger partial charge in [0.15, 0.2) is 5.78 Å². The van der Waals surface area contributed by atoms with Crippen molar-refractivity contribution in [1.82, 2.24) is 25.6 Å². The van der Waals surface area contributed by atoms with Crippen LogP contribution in [0.5, 0.6) is 0 Å². The number of nitrogens with zero attached hydrogens (tertiary/aromatic N) is 3. The van der Waals surface area contributed by atoms with Crippen molar-refractivity contribution in [2.75, 3.05) is 13.1 Å². The highest BCUT2D eigenvalue weighted by Crippen LogP contribution is 2.12. The van der Waals surface area contributed by atoms with Crippen molar-refractivity contribution in [2.24, 2.45) is 11.7 Å². The molecule has 0 spiro atoms. The molecule has 0 unspecified atom stereocenters. The number of H-pyrrole nitrogens is 1. The Kier molecular flexibility index (Phi) is 6.23. The van der Waals surface area contributed by atoms with E-state index in [1.165, 1.54) is 0 Å². The number of Topliss-reactive ketones (excluding diaryl/α,β-unsaturated/α-hetero) is 1. The lowest BCUT2D eigenvalue weighted by Gasteiger charge is -2.25. The van der Waals surface area contributed by atoms with Crippen molar-refractivity contribution in [3.8, 4) is 0 Å². The largest absolute Gasteiger partial charge is 0.344 e. The summed E-state index contributed by atoms with van der Waals surface area (Å²) < 4.78 is 0. The van der Waals surface area contributed by atoms with Crippen LogP contribution >= 0.6 is 0 Å². The average Bonchev–Trinajstić information content (AvgIpc) is 2.98. The molecule has 8 heteroatoms. The molecule has 1 aliphatic heterocycles. The number of likely N-dealkylation sites (tertiary alicyclic amines) is 1. The molecule has 1 saturated heterocycles. The van der Waals surface area contributed by atoms with Gasteiger partial charge in [0.1, 0.15) is 6.04 Å². The van der Waals surface area contributed by atoms with Crippen LogP contribution in [0.25, 0.3) is 0 Å². The number of carbonyl (C=O) groups is 2. The Labute approximate surface area is 136 Å². The van der Waals surface area contributed by atoms with Gasteiger partial charge < -0.3 is 11.1 Å². The summed E-state index contributed by atoms with van der Waals surface area (Å²) in [5.41, 5.74) is 6.78. The van der Waals surface area contributed by atoms with Gasteiger partial charge in [-0.2, -0.15) is 0 Å². The molecule has 128 valence electrons. The first kappa shape index (κ1) is 17.6. The first-order valence-electron chi connectivity index (χ1n) is 8.17. The average molecular weight is 322 g/mol. The van der Waals surface area contributed by atoms with Gasteiger partial charge in [-0.05, 0) is 18.9 Å². The van der Waals surface area contributed by atoms with Gasteiger partial charge in [0.2, 0.25) is 5.91 Å². The lowest BCUT2D eigenvalue weighted by Crippen LogP contribution is -2.53. The molecule has 23 heavy (non-hydrogen) atoms. The summed E-state index contributed by atoms with van der Waals surface area (Å²) in [6.07, 6.45) is 3.81. The second kappa shape index (κ2) is 8.16. The first-order chi connectivity index (χ1) is 11.0. The molecule has 3 atom stereocenters. The molecule has 1 aliphatic rings. The third-order valence-corrected chi connectivity index (χ3v) is 4.46. The number of rotatable bonds is 6. The zero-order chi connectivity index (χ0) is 16.8. The number of nitrogens with one attached hydrogen (secondary N) is 2. The molecule has 0 radical (unpaired) electrons. The minimum absolute atomic E-state index is 0.0670. The highest BCUT2D eigenvalue weighted by Gasteiger charge is 2.29. The van der Waals surface area contributed by atoms with Gasteiger partial charge in [-0.15, -0.1) is 5.10 Å². The smallest absolute Gasteiger partial charge is 0.237 e. The fourth-order valence-corrected chi connectivity index (χ4v) is 2.68. The molecule has 1 aromatic heterocycles. The van der Waals surface area contributed by atoms with Crippen LogP contribution in [0, 0.1) is 5.92 Å². The summed E-state index contributed by atoms with van der Waals surface area (Å²) in [6.45, 7) is 5.81. The molecule has 1 aromatic rings. The summed E-state index contributed by atoms with van der Waals surface area (Å²) in [5, 5.41) is 13.2. The van der Waals surface area contributed by atoms with Crippen molar-refractivity contribution in [3.63, 3.8) is 0 Å². The number of aromatic amines is 1. The van der Waals surface area contributed by atoms with Crippen LogP contribution in [0.2, 0.25) is 0 Å². The first-order valence-corrected chi connectivity index (χ1v) is 8.17. The molecular weight excluding hydrogens is 296 g/mol. The van der Waals surface area contributed by atoms with Gasteiger partial charge in [-0.25, -0.2) is 0 Å². The third-order valence-electron chi connectivity index (χ3n) is 4.46. The number of amides is 1. The molecule has 2 rings (SSSR count).